The van der Waals surface area contributed by atoms with Gasteiger partial charge in [0.25, 0.3) is 0 Å². The smallest absolute Gasteiger partial charge is 0.407 e. The molecule has 0 saturated heterocycles. The largest absolute Gasteiger partial charge is 0.492 e. The molecular weight excluding hydrogens is 395 g/mol. The van der Waals surface area contributed by atoms with Crippen molar-refractivity contribution < 1.29 is 18.7 Å². The number of pyridine rings is 1. The molecule has 0 atom stereocenters. The first-order valence-corrected chi connectivity index (χ1v) is 9.72. The second-order valence-electron chi connectivity index (χ2n) is 7.41. The number of alkyl carbamates (subject to hydrolysis) is 1. The summed E-state index contributed by atoms with van der Waals surface area (Å²) in [5.41, 5.74) is 2.19. The van der Waals surface area contributed by atoms with Crippen LogP contribution in [-0.2, 0) is 15.9 Å². The molecular formula is C22H26ClFN2O3. The molecule has 0 unspecified atom stereocenters. The predicted octanol–water partition coefficient (Wildman–Crippen LogP) is 5.62. The number of ether oxygens (including phenoxy) is 2. The predicted molar refractivity (Wildman–Crippen MR) is 113 cm³/mol. The van der Waals surface area contributed by atoms with Crippen LogP contribution in [0.15, 0.2) is 36.9 Å². The van der Waals surface area contributed by atoms with Crippen LogP contribution in [0.3, 0.4) is 0 Å². The van der Waals surface area contributed by atoms with E-state index in [0.29, 0.717) is 42.3 Å². The third-order valence-electron chi connectivity index (χ3n) is 3.79. The molecule has 1 aromatic heterocycles. The quantitative estimate of drug-likeness (QED) is 0.591. The molecule has 0 saturated carbocycles. The molecule has 1 amide bonds. The number of hydrogen-bond acceptors (Lipinski definition) is 4. The van der Waals surface area contributed by atoms with Gasteiger partial charge in [0.1, 0.15) is 22.9 Å². The molecule has 0 fully saturated rings. The first-order chi connectivity index (χ1) is 13.6. The summed E-state index contributed by atoms with van der Waals surface area (Å²) in [6.07, 6.45) is 0.0619. The first-order valence-electron chi connectivity index (χ1n) is 9.34. The highest BCUT2D eigenvalue weighted by atomic mass is 35.5. The summed E-state index contributed by atoms with van der Waals surface area (Å²) >= 11 is 5.92. The van der Waals surface area contributed by atoms with E-state index in [9.17, 15) is 9.18 Å². The number of nitrogens with zero attached hydrogens (tertiary/aromatic N) is 1. The van der Waals surface area contributed by atoms with Crippen molar-refractivity contribution in [1.82, 2.24) is 10.3 Å². The van der Waals surface area contributed by atoms with Crippen LogP contribution in [-0.4, -0.2) is 29.8 Å². The van der Waals surface area contributed by atoms with Gasteiger partial charge in [-0.3, -0.25) is 0 Å². The Morgan fingerprint density at radius 2 is 2.00 bits per heavy atom. The van der Waals surface area contributed by atoms with E-state index in [1.54, 1.807) is 26.8 Å². The maximum absolute atomic E-state index is 13.5. The van der Waals surface area contributed by atoms with Crippen LogP contribution >= 0.6 is 11.6 Å². The Balaban J connectivity index is 2.24. The number of carbonyl (C=O) groups is 1. The van der Waals surface area contributed by atoms with Crippen LogP contribution in [0.1, 0.15) is 39.0 Å². The zero-order valence-corrected chi connectivity index (χ0v) is 17.9. The Labute approximate surface area is 175 Å². The van der Waals surface area contributed by atoms with Crippen LogP contribution in [0.2, 0.25) is 5.02 Å². The molecule has 29 heavy (non-hydrogen) atoms. The van der Waals surface area contributed by atoms with E-state index in [2.05, 4.69) is 16.9 Å². The van der Waals surface area contributed by atoms with Crippen LogP contribution in [0.25, 0.3) is 17.0 Å². The summed E-state index contributed by atoms with van der Waals surface area (Å²) in [5, 5.41) is 2.75. The van der Waals surface area contributed by atoms with E-state index in [0.717, 1.165) is 5.56 Å². The third-order valence-corrected chi connectivity index (χ3v) is 4.08. The second-order valence-corrected chi connectivity index (χ2v) is 7.82. The fourth-order valence-corrected chi connectivity index (χ4v) is 2.73. The Kier molecular flexibility index (Phi) is 7.62. The van der Waals surface area contributed by atoms with Gasteiger partial charge < -0.3 is 14.8 Å². The number of aromatic nitrogens is 1. The molecule has 5 nitrogen and oxygen atoms in total. The van der Waals surface area contributed by atoms with Crippen LogP contribution < -0.4 is 5.32 Å². The van der Waals surface area contributed by atoms with Crippen molar-refractivity contribution >= 4 is 23.5 Å². The van der Waals surface area contributed by atoms with Gasteiger partial charge in [-0.05, 0) is 70.0 Å². The number of hydrogen-bond donors (Lipinski definition) is 1. The molecule has 1 N–H and O–H groups in total. The summed E-state index contributed by atoms with van der Waals surface area (Å²) in [5.74, 6) is -0.0593. The van der Waals surface area contributed by atoms with E-state index in [1.165, 1.54) is 12.1 Å². The zero-order valence-electron chi connectivity index (χ0n) is 17.1. The minimum Gasteiger partial charge on any atom is -0.492 e. The lowest BCUT2D eigenvalue weighted by Crippen LogP contribution is -2.33. The average Bonchev–Trinajstić information content (AvgIpc) is 2.62. The van der Waals surface area contributed by atoms with Crippen LogP contribution in [0.4, 0.5) is 9.18 Å². The average molecular weight is 421 g/mol. The van der Waals surface area contributed by atoms with Crippen LogP contribution in [0, 0.1) is 5.82 Å². The number of rotatable bonds is 7. The summed E-state index contributed by atoms with van der Waals surface area (Å²) in [4.78, 5) is 16.4. The van der Waals surface area contributed by atoms with Gasteiger partial charge in [-0.25, -0.2) is 14.2 Å². The summed E-state index contributed by atoms with van der Waals surface area (Å²) in [6, 6.07) is 8.15. The minimum atomic E-state index is -0.557. The standard InChI is InChI=1S/C22H26ClFN2O3/c1-6-28-14(2)19-11-15(9-10-25-21(27)29-22(3,4)5)12-20(26-19)16-7-8-18(24)17(23)13-16/h7-8,11-13H,2,6,9-10H2,1,3-5H3,(H,25,27). The van der Waals surface area contributed by atoms with Crippen molar-refractivity contribution in [3.8, 4) is 11.3 Å². The van der Waals surface area contributed by atoms with Gasteiger partial charge in [0, 0.05) is 12.1 Å². The number of carbonyl (C=O) groups excluding carboxylic acids is 1. The molecule has 1 aromatic carbocycles. The maximum Gasteiger partial charge on any atom is 0.407 e. The van der Waals surface area contributed by atoms with E-state index >= 15 is 0 Å². The van der Waals surface area contributed by atoms with Crippen molar-refractivity contribution in [2.75, 3.05) is 13.2 Å². The Morgan fingerprint density at radius 1 is 1.28 bits per heavy atom. The van der Waals surface area contributed by atoms with E-state index in [1.807, 2.05) is 19.1 Å². The summed E-state index contributed by atoms with van der Waals surface area (Å²) < 4.78 is 24.2. The van der Waals surface area contributed by atoms with Gasteiger partial charge in [-0.15, -0.1) is 0 Å². The van der Waals surface area contributed by atoms with Crippen molar-refractivity contribution in [3.63, 3.8) is 0 Å². The first kappa shape index (κ1) is 22.7. The fourth-order valence-electron chi connectivity index (χ4n) is 2.55. The van der Waals surface area contributed by atoms with E-state index in [4.69, 9.17) is 21.1 Å². The molecule has 0 bridgehead atoms. The van der Waals surface area contributed by atoms with Crippen molar-refractivity contribution in [3.05, 3.63) is 59.0 Å². The van der Waals surface area contributed by atoms with Gasteiger partial charge >= 0.3 is 6.09 Å². The summed E-state index contributed by atoms with van der Waals surface area (Å²) in [7, 11) is 0. The number of amides is 1. The van der Waals surface area contributed by atoms with Crippen LogP contribution in [0.5, 0.6) is 0 Å². The van der Waals surface area contributed by atoms with Gasteiger partial charge in [-0.1, -0.05) is 18.2 Å². The molecule has 0 spiro atoms. The Hall–Kier alpha value is -2.60. The summed E-state index contributed by atoms with van der Waals surface area (Å²) in [6.45, 7) is 12.0. The van der Waals surface area contributed by atoms with Gasteiger partial charge in [-0.2, -0.15) is 0 Å². The lowest BCUT2D eigenvalue weighted by Gasteiger charge is -2.19. The lowest BCUT2D eigenvalue weighted by molar-refractivity contribution is 0.0528. The second kappa shape index (κ2) is 9.74. The van der Waals surface area contributed by atoms with E-state index in [-0.39, 0.29) is 5.02 Å². The van der Waals surface area contributed by atoms with Gasteiger partial charge in [0.15, 0.2) is 0 Å². The number of benzene rings is 1. The van der Waals surface area contributed by atoms with Gasteiger partial charge in [0.2, 0.25) is 0 Å². The highest BCUT2D eigenvalue weighted by Gasteiger charge is 2.16. The highest BCUT2D eigenvalue weighted by Crippen LogP contribution is 2.26. The topological polar surface area (TPSA) is 60.5 Å². The molecule has 2 rings (SSSR count). The Morgan fingerprint density at radius 3 is 2.62 bits per heavy atom. The Bertz CT molecular complexity index is 894. The van der Waals surface area contributed by atoms with E-state index < -0.39 is 17.5 Å². The zero-order chi connectivity index (χ0) is 21.6. The van der Waals surface area contributed by atoms with Crippen molar-refractivity contribution in [2.45, 2.75) is 39.7 Å². The van der Waals surface area contributed by atoms with Crippen molar-refractivity contribution in [2.24, 2.45) is 0 Å². The molecule has 1 heterocycles. The molecule has 0 aliphatic carbocycles. The highest BCUT2D eigenvalue weighted by molar-refractivity contribution is 6.31. The molecule has 7 heteroatoms. The maximum atomic E-state index is 13.5. The monoisotopic (exact) mass is 420 g/mol. The fraction of sp³-hybridized carbons (Fsp3) is 0.364. The molecule has 156 valence electrons. The minimum absolute atomic E-state index is 0.0199. The SMILES string of the molecule is C=C(OCC)c1cc(CCNC(=O)OC(C)(C)C)cc(-c2ccc(F)c(Cl)c2)n1. The molecule has 2 aromatic rings. The van der Waals surface area contributed by atoms with Gasteiger partial charge in [0.05, 0.1) is 17.3 Å². The molecule has 0 aliphatic heterocycles. The number of nitrogens with one attached hydrogen (secondary N) is 1. The molecule has 0 radical (unpaired) electrons. The number of halogens is 2. The normalized spacial score (nSPS) is 11.1. The molecule has 0 aliphatic rings. The third kappa shape index (κ3) is 7.06. The van der Waals surface area contributed by atoms with Crippen molar-refractivity contribution in [1.29, 1.82) is 0 Å². The lowest BCUT2D eigenvalue weighted by atomic mass is 10.1.